The van der Waals surface area contributed by atoms with Crippen LogP contribution >= 0.6 is 11.3 Å². The molecule has 0 unspecified atom stereocenters. The van der Waals surface area contributed by atoms with Gasteiger partial charge in [0.05, 0.1) is 16.8 Å². The van der Waals surface area contributed by atoms with E-state index < -0.39 is 10.0 Å². The summed E-state index contributed by atoms with van der Waals surface area (Å²) in [6.45, 7) is 5.27. The molecule has 4 heterocycles. The molecule has 4 N–H and O–H groups in total. The summed E-state index contributed by atoms with van der Waals surface area (Å²) in [5, 5.41) is 4.30. The van der Waals surface area contributed by atoms with Crippen LogP contribution in [-0.2, 0) is 23.0 Å². The Hall–Kier alpha value is -2.99. The van der Waals surface area contributed by atoms with Crippen LogP contribution in [0.5, 0.6) is 0 Å². The third kappa shape index (κ3) is 4.90. The Labute approximate surface area is 212 Å². The number of benzene rings is 1. The maximum absolute atomic E-state index is 12.0. The number of aromatic amines is 1. The summed E-state index contributed by atoms with van der Waals surface area (Å²) < 4.78 is 25.6. The van der Waals surface area contributed by atoms with E-state index in [4.69, 9.17) is 10.7 Å². The van der Waals surface area contributed by atoms with Gasteiger partial charge in [0.1, 0.15) is 5.65 Å². The van der Waals surface area contributed by atoms with Gasteiger partial charge in [0, 0.05) is 63.4 Å². The quantitative estimate of drug-likeness (QED) is 0.324. The van der Waals surface area contributed by atoms with Crippen molar-refractivity contribution in [2.24, 2.45) is 5.73 Å². The summed E-state index contributed by atoms with van der Waals surface area (Å²) in [6.07, 6.45) is 3.84. The zero-order valence-electron chi connectivity index (χ0n) is 19.8. The van der Waals surface area contributed by atoms with Gasteiger partial charge in [-0.15, -0.1) is 11.3 Å². The molecule has 0 atom stereocenters. The monoisotopic (exact) mass is 515 g/mol. The molecule has 0 fully saturated rings. The molecule has 0 saturated heterocycles. The molecule has 3 aromatic heterocycles. The molecular formula is C24H33N7O2S2. The van der Waals surface area contributed by atoms with Gasteiger partial charge in [0.2, 0.25) is 16.0 Å². The largest absolute Gasteiger partial charge is 0.370 e. The van der Waals surface area contributed by atoms with Gasteiger partial charge in [-0.2, -0.15) is 9.29 Å². The number of anilines is 3. The van der Waals surface area contributed by atoms with Gasteiger partial charge in [-0.05, 0) is 49.2 Å². The lowest BCUT2D eigenvalue weighted by atomic mass is 10.1. The van der Waals surface area contributed by atoms with Crippen LogP contribution in [0.3, 0.4) is 0 Å². The lowest BCUT2D eigenvalue weighted by Crippen LogP contribution is -2.34. The number of sulfonamides is 1. The van der Waals surface area contributed by atoms with E-state index in [-0.39, 0.29) is 2.85 Å². The van der Waals surface area contributed by atoms with Crippen molar-refractivity contribution < 1.29 is 11.3 Å². The Morgan fingerprint density at radius 3 is 2.91 bits per heavy atom. The molecule has 0 amide bonds. The van der Waals surface area contributed by atoms with Crippen LogP contribution in [0.2, 0.25) is 0 Å². The van der Waals surface area contributed by atoms with Crippen molar-refractivity contribution in [1.29, 1.82) is 0 Å². The van der Waals surface area contributed by atoms with Gasteiger partial charge in [0.15, 0.2) is 0 Å². The van der Waals surface area contributed by atoms with Crippen molar-refractivity contribution >= 4 is 49.7 Å². The van der Waals surface area contributed by atoms with Crippen LogP contribution in [0.1, 0.15) is 20.2 Å². The second-order valence-electron chi connectivity index (χ2n) is 8.59. The number of hydrogen-bond acceptors (Lipinski definition) is 8. The van der Waals surface area contributed by atoms with Crippen LogP contribution < -0.4 is 16.0 Å². The molecule has 0 spiro atoms. The highest BCUT2D eigenvalue weighted by atomic mass is 32.2. The summed E-state index contributed by atoms with van der Waals surface area (Å²) in [4.78, 5) is 17.2. The fraction of sp³-hybridized carbons (Fsp3) is 0.333. The van der Waals surface area contributed by atoms with Gasteiger partial charge in [0.25, 0.3) is 0 Å². The standard InChI is InChI=1S/C24H29N7O2S2.2H2/c1-3-30(12-9-25)18-6-4-5-17(14-18)27-24-28-22(19-7-10-26-23(19)29-24)21-13-16-15-31(35(2,32)33)11-8-20(16)34-21;;/h4-7,10,13-14H,3,8-9,11-12,15,25H2,1-2H3,(H2,26,27,28,29);2*1H. The number of nitrogens with zero attached hydrogens (tertiary/aromatic N) is 4. The average Bonchev–Trinajstić information content (AvgIpc) is 3.48. The number of hydrogen-bond donors (Lipinski definition) is 3. The second kappa shape index (κ2) is 9.57. The summed E-state index contributed by atoms with van der Waals surface area (Å²) in [5.41, 5.74) is 10.4. The number of H-pyrrole nitrogens is 1. The van der Waals surface area contributed by atoms with Gasteiger partial charge in [-0.3, -0.25) is 0 Å². The number of likely N-dealkylation sites (N-methyl/N-ethyl adjacent to an activating group) is 1. The highest BCUT2D eigenvalue weighted by Crippen LogP contribution is 2.37. The second-order valence-corrected chi connectivity index (χ2v) is 11.7. The Bertz CT molecular complexity index is 1470. The molecule has 4 aromatic rings. The van der Waals surface area contributed by atoms with Gasteiger partial charge < -0.3 is 20.9 Å². The molecule has 1 aliphatic rings. The number of fused-ring (bicyclic) bond motifs is 2. The summed E-state index contributed by atoms with van der Waals surface area (Å²) >= 11 is 1.68. The first-order valence-corrected chi connectivity index (χ1v) is 14.3. The van der Waals surface area contributed by atoms with Crippen molar-refractivity contribution in [3.8, 4) is 10.6 Å². The molecule has 0 aliphatic carbocycles. The highest BCUT2D eigenvalue weighted by molar-refractivity contribution is 7.88. The first-order chi connectivity index (χ1) is 16.9. The summed E-state index contributed by atoms with van der Waals surface area (Å²) in [7, 11) is -3.22. The molecule has 35 heavy (non-hydrogen) atoms. The SMILES string of the molecule is CCN(CCN)c1cccc(Nc2nc(-c3cc4c(s3)CCN(S(C)(=O)=O)C4)c3cc[nH]c3n2)c1.[HH].[HH]. The normalized spacial score (nSPS) is 14.3. The van der Waals surface area contributed by atoms with E-state index in [1.54, 1.807) is 11.3 Å². The Morgan fingerprint density at radius 2 is 2.14 bits per heavy atom. The third-order valence-electron chi connectivity index (χ3n) is 6.20. The number of rotatable bonds is 8. The van der Waals surface area contributed by atoms with Gasteiger partial charge >= 0.3 is 0 Å². The Kier molecular flexibility index (Phi) is 6.49. The smallest absolute Gasteiger partial charge is 0.229 e. The van der Waals surface area contributed by atoms with Crippen LogP contribution in [0.4, 0.5) is 17.3 Å². The summed E-state index contributed by atoms with van der Waals surface area (Å²) in [5.74, 6) is 0.498. The summed E-state index contributed by atoms with van der Waals surface area (Å²) in [6, 6.07) is 12.2. The van der Waals surface area contributed by atoms with Crippen molar-refractivity contribution in [3.63, 3.8) is 0 Å². The van der Waals surface area contributed by atoms with Crippen LogP contribution in [0.15, 0.2) is 42.6 Å². The predicted molar refractivity (Wildman–Crippen MR) is 147 cm³/mol. The number of thiophene rings is 1. The molecule has 9 nitrogen and oxygen atoms in total. The number of nitrogens with two attached hydrogens (primary N) is 1. The zero-order valence-corrected chi connectivity index (χ0v) is 21.4. The minimum absolute atomic E-state index is 0. The average molecular weight is 516 g/mol. The van der Waals surface area contributed by atoms with E-state index in [1.807, 2.05) is 24.4 Å². The topological polar surface area (TPSA) is 120 Å². The van der Waals surface area contributed by atoms with Crippen molar-refractivity contribution in [2.75, 3.05) is 42.7 Å². The maximum atomic E-state index is 12.0. The molecule has 0 bridgehead atoms. The van der Waals surface area contributed by atoms with Crippen molar-refractivity contribution in [1.82, 2.24) is 19.3 Å². The first kappa shape index (κ1) is 23.7. The first-order valence-electron chi connectivity index (χ1n) is 11.6. The van der Waals surface area contributed by atoms with E-state index in [0.29, 0.717) is 32.0 Å². The van der Waals surface area contributed by atoms with Crippen LogP contribution in [-0.4, -0.2) is 60.1 Å². The van der Waals surface area contributed by atoms with Gasteiger partial charge in [-0.25, -0.2) is 13.4 Å². The highest BCUT2D eigenvalue weighted by Gasteiger charge is 2.26. The Balaban J connectivity index is 0.00000190. The van der Waals surface area contributed by atoms with Crippen LogP contribution in [0, 0.1) is 0 Å². The van der Waals surface area contributed by atoms with E-state index in [2.05, 4.69) is 45.3 Å². The molecule has 5 rings (SSSR count). The zero-order chi connectivity index (χ0) is 24.6. The lowest BCUT2D eigenvalue weighted by molar-refractivity contribution is 0.398. The number of aromatic nitrogens is 3. The van der Waals surface area contributed by atoms with E-state index >= 15 is 0 Å². The fourth-order valence-electron chi connectivity index (χ4n) is 4.43. The number of nitrogens with one attached hydrogen (secondary N) is 2. The maximum Gasteiger partial charge on any atom is 0.229 e. The predicted octanol–water partition coefficient (Wildman–Crippen LogP) is 4.02. The molecule has 11 heteroatoms. The van der Waals surface area contributed by atoms with Crippen molar-refractivity contribution in [3.05, 3.63) is 53.0 Å². The molecular weight excluding hydrogens is 482 g/mol. The van der Waals surface area contributed by atoms with E-state index in [1.165, 1.54) is 15.4 Å². The molecule has 0 saturated carbocycles. The molecule has 1 aliphatic heterocycles. The van der Waals surface area contributed by atoms with Crippen LogP contribution in [0.25, 0.3) is 21.6 Å². The fourth-order valence-corrected chi connectivity index (χ4v) is 6.39. The van der Waals surface area contributed by atoms with Crippen molar-refractivity contribution in [2.45, 2.75) is 19.9 Å². The Morgan fingerprint density at radius 1 is 1.29 bits per heavy atom. The van der Waals surface area contributed by atoms with Gasteiger partial charge in [-0.1, -0.05) is 6.07 Å². The molecule has 188 valence electrons. The minimum Gasteiger partial charge on any atom is -0.370 e. The van der Waals surface area contributed by atoms with E-state index in [0.717, 1.165) is 51.6 Å². The minimum atomic E-state index is -3.22. The lowest BCUT2D eigenvalue weighted by Gasteiger charge is -2.24. The third-order valence-corrected chi connectivity index (χ3v) is 8.69. The molecule has 0 radical (unpaired) electrons. The van der Waals surface area contributed by atoms with E-state index in [9.17, 15) is 8.42 Å². The molecule has 1 aromatic carbocycles.